The molecule has 7 N–H and O–H groups in total. The van der Waals surface area contributed by atoms with Crippen molar-refractivity contribution in [3.05, 3.63) is 24.3 Å². The fourth-order valence-corrected chi connectivity index (χ4v) is 6.20. The minimum absolute atomic E-state index is 0.307. The van der Waals surface area contributed by atoms with Crippen LogP contribution in [0.4, 0.5) is 0 Å². The van der Waals surface area contributed by atoms with E-state index in [-0.39, 0.29) is 6.61 Å². The van der Waals surface area contributed by atoms with Crippen molar-refractivity contribution in [3.63, 3.8) is 0 Å². The number of aliphatic hydroxyl groups is 6. The number of unbranched alkanes of at least 4 members (excludes halogenated alkanes) is 19. The van der Waals surface area contributed by atoms with Crippen LogP contribution in [0.25, 0.3) is 0 Å². The molecule has 10 heteroatoms. The summed E-state index contributed by atoms with van der Waals surface area (Å²) in [4.78, 5) is 12.9. The van der Waals surface area contributed by atoms with Gasteiger partial charge in [0.1, 0.15) is 30.5 Å². The lowest BCUT2D eigenvalue weighted by molar-refractivity contribution is -0.302. The Kier molecular flexibility index (Phi) is 29.1. The maximum Gasteiger partial charge on any atom is 0.249 e. The van der Waals surface area contributed by atoms with E-state index in [2.05, 4.69) is 31.3 Å². The quantitative estimate of drug-likeness (QED) is 0.0320. The summed E-state index contributed by atoms with van der Waals surface area (Å²) in [6.45, 7) is 3.53. The zero-order valence-corrected chi connectivity index (χ0v) is 31.5. The molecule has 0 spiro atoms. The van der Waals surface area contributed by atoms with Gasteiger partial charge in [0, 0.05) is 0 Å². The standard InChI is InChI=1S/C40H75NO9/c1-3-5-7-9-11-13-15-17-19-20-22-24-26-28-33(43)32(31-49-40-38(47)37(46)36(45)35(30-42)50-40)41-39(48)34(44)29-27-25-23-21-18-16-14-12-10-8-6-4-2/h9,11,26,28,32-38,40,42-47H,3-8,10,12-25,27,29-31H2,1-2H3,(H,41,48)/b11-9+,28-26+/t32-,33+,34+,35+,36+,37-,38+,40+/m0/s1. The summed E-state index contributed by atoms with van der Waals surface area (Å²) >= 11 is 0. The first-order valence-corrected chi connectivity index (χ1v) is 20.2. The molecule has 1 rings (SSSR count). The normalized spacial score (nSPS) is 23.1. The second-order valence-corrected chi connectivity index (χ2v) is 14.2. The molecule has 1 amide bonds. The van der Waals surface area contributed by atoms with Crippen LogP contribution in [0.5, 0.6) is 0 Å². The molecular formula is C40H75NO9. The van der Waals surface area contributed by atoms with Crippen LogP contribution in [0.2, 0.25) is 0 Å². The Hall–Kier alpha value is -1.37. The zero-order chi connectivity index (χ0) is 36.8. The first kappa shape index (κ1) is 46.7. The number of amides is 1. The van der Waals surface area contributed by atoms with Gasteiger partial charge in [-0.25, -0.2) is 0 Å². The van der Waals surface area contributed by atoms with E-state index < -0.39 is 61.5 Å². The van der Waals surface area contributed by atoms with E-state index >= 15 is 0 Å². The maximum absolute atomic E-state index is 12.9. The SMILES string of the molecule is CCCC/C=C/CCCCCCC/C=C/[C@@H](O)[C@H](CO[C@@H]1O[C@H](CO)[C@@H](O)[C@H](O)[C@H]1O)NC(=O)[C@H](O)CCCCCCCCCCCCCC. The van der Waals surface area contributed by atoms with Gasteiger partial charge in [-0.05, 0) is 38.5 Å². The molecule has 1 aliphatic rings. The molecule has 0 unspecified atom stereocenters. The highest BCUT2D eigenvalue weighted by Crippen LogP contribution is 2.22. The van der Waals surface area contributed by atoms with Crippen molar-refractivity contribution >= 4 is 5.91 Å². The van der Waals surface area contributed by atoms with Gasteiger partial charge in [0.05, 0.1) is 25.4 Å². The highest BCUT2D eigenvalue weighted by molar-refractivity contribution is 5.80. The molecule has 8 atom stereocenters. The van der Waals surface area contributed by atoms with Gasteiger partial charge in [0.25, 0.3) is 0 Å². The second kappa shape index (κ2) is 31.2. The van der Waals surface area contributed by atoms with Gasteiger partial charge in [-0.2, -0.15) is 0 Å². The average molecular weight is 714 g/mol. The van der Waals surface area contributed by atoms with E-state index in [1.165, 1.54) is 83.5 Å². The van der Waals surface area contributed by atoms with Crippen LogP contribution in [0.1, 0.15) is 162 Å². The van der Waals surface area contributed by atoms with Gasteiger partial charge in [-0.15, -0.1) is 0 Å². The predicted octanol–water partition coefficient (Wildman–Crippen LogP) is 6.13. The van der Waals surface area contributed by atoms with Gasteiger partial charge in [0.2, 0.25) is 5.91 Å². The monoisotopic (exact) mass is 714 g/mol. The van der Waals surface area contributed by atoms with E-state index in [0.717, 1.165) is 57.8 Å². The third kappa shape index (κ3) is 21.9. The summed E-state index contributed by atoms with van der Waals surface area (Å²) in [5, 5.41) is 64.3. The lowest BCUT2D eigenvalue weighted by Gasteiger charge is -2.40. The molecule has 1 aliphatic heterocycles. The number of carbonyl (C=O) groups is 1. The van der Waals surface area contributed by atoms with Crippen LogP contribution in [0, 0.1) is 0 Å². The summed E-state index contributed by atoms with van der Waals surface area (Å²) in [5.74, 6) is -0.622. The molecule has 1 saturated heterocycles. The number of rotatable bonds is 32. The van der Waals surface area contributed by atoms with Gasteiger partial charge in [0.15, 0.2) is 6.29 Å². The summed E-state index contributed by atoms with van der Waals surface area (Å²) in [7, 11) is 0. The van der Waals surface area contributed by atoms with Gasteiger partial charge in [-0.1, -0.05) is 147 Å². The van der Waals surface area contributed by atoms with Crippen LogP contribution >= 0.6 is 0 Å². The largest absolute Gasteiger partial charge is 0.394 e. The molecule has 1 fully saturated rings. The average Bonchev–Trinajstić information content (AvgIpc) is 3.11. The van der Waals surface area contributed by atoms with E-state index in [1.54, 1.807) is 6.08 Å². The van der Waals surface area contributed by atoms with Crippen LogP contribution in [0.3, 0.4) is 0 Å². The smallest absolute Gasteiger partial charge is 0.249 e. The molecule has 0 aromatic carbocycles. The van der Waals surface area contributed by atoms with E-state index in [0.29, 0.717) is 6.42 Å². The highest BCUT2D eigenvalue weighted by Gasteiger charge is 2.44. The van der Waals surface area contributed by atoms with Gasteiger partial charge < -0.3 is 45.4 Å². The van der Waals surface area contributed by atoms with Gasteiger partial charge in [-0.3, -0.25) is 4.79 Å². The molecule has 0 bridgehead atoms. The minimum Gasteiger partial charge on any atom is -0.394 e. The first-order chi connectivity index (χ1) is 24.3. The molecule has 0 aromatic rings. The lowest BCUT2D eigenvalue weighted by atomic mass is 9.99. The lowest BCUT2D eigenvalue weighted by Crippen LogP contribution is -2.60. The van der Waals surface area contributed by atoms with E-state index in [9.17, 15) is 35.4 Å². The Balaban J connectivity index is 2.52. The molecule has 0 radical (unpaired) electrons. The first-order valence-electron chi connectivity index (χ1n) is 20.2. The summed E-state index contributed by atoms with van der Waals surface area (Å²) in [5.41, 5.74) is 0. The third-order valence-electron chi connectivity index (χ3n) is 9.63. The number of ether oxygens (including phenoxy) is 2. The topological polar surface area (TPSA) is 169 Å². The molecular weight excluding hydrogens is 638 g/mol. The minimum atomic E-state index is -1.61. The van der Waals surface area contributed by atoms with Crippen LogP contribution in [-0.4, -0.2) is 98.7 Å². The Morgan fingerprint density at radius 1 is 0.680 bits per heavy atom. The van der Waals surface area contributed by atoms with Gasteiger partial charge >= 0.3 is 0 Å². The maximum atomic E-state index is 12.9. The summed E-state index contributed by atoms with van der Waals surface area (Å²) in [6.07, 6.45) is 24.1. The Morgan fingerprint density at radius 3 is 1.74 bits per heavy atom. The highest BCUT2D eigenvalue weighted by atomic mass is 16.7. The molecule has 0 aromatic heterocycles. The van der Waals surface area contributed by atoms with Crippen molar-refractivity contribution in [1.82, 2.24) is 5.32 Å². The molecule has 1 heterocycles. The van der Waals surface area contributed by atoms with E-state index in [1.807, 2.05) is 6.08 Å². The predicted molar refractivity (Wildman–Crippen MR) is 199 cm³/mol. The number of allylic oxidation sites excluding steroid dienone is 3. The number of aliphatic hydroxyl groups excluding tert-OH is 6. The fraction of sp³-hybridized carbons (Fsp3) is 0.875. The Labute approximate surface area is 303 Å². The van der Waals surface area contributed by atoms with Crippen molar-refractivity contribution in [2.45, 2.75) is 210 Å². The number of hydrogen-bond acceptors (Lipinski definition) is 9. The molecule has 10 nitrogen and oxygen atoms in total. The molecule has 0 aliphatic carbocycles. The molecule has 0 saturated carbocycles. The molecule has 294 valence electrons. The fourth-order valence-electron chi connectivity index (χ4n) is 6.20. The van der Waals surface area contributed by atoms with Crippen molar-refractivity contribution in [3.8, 4) is 0 Å². The zero-order valence-electron chi connectivity index (χ0n) is 31.5. The second-order valence-electron chi connectivity index (χ2n) is 14.2. The Morgan fingerprint density at radius 2 is 1.18 bits per heavy atom. The third-order valence-corrected chi connectivity index (χ3v) is 9.63. The summed E-state index contributed by atoms with van der Waals surface area (Å²) < 4.78 is 11.1. The number of carbonyl (C=O) groups excluding carboxylic acids is 1. The summed E-state index contributed by atoms with van der Waals surface area (Å²) in [6, 6.07) is -0.979. The van der Waals surface area contributed by atoms with Crippen LogP contribution < -0.4 is 5.32 Å². The van der Waals surface area contributed by atoms with E-state index in [4.69, 9.17) is 9.47 Å². The number of hydrogen-bond donors (Lipinski definition) is 7. The van der Waals surface area contributed by atoms with Crippen molar-refractivity contribution in [2.24, 2.45) is 0 Å². The Bertz CT molecular complexity index is 855. The van der Waals surface area contributed by atoms with Crippen LogP contribution in [0.15, 0.2) is 24.3 Å². The van der Waals surface area contributed by atoms with Crippen LogP contribution in [-0.2, 0) is 14.3 Å². The van der Waals surface area contributed by atoms with Crippen molar-refractivity contribution in [1.29, 1.82) is 0 Å². The van der Waals surface area contributed by atoms with Crippen molar-refractivity contribution in [2.75, 3.05) is 13.2 Å². The molecule has 50 heavy (non-hydrogen) atoms. The van der Waals surface area contributed by atoms with Crippen molar-refractivity contribution < 1.29 is 44.9 Å². The number of nitrogens with one attached hydrogen (secondary N) is 1.